The van der Waals surface area contributed by atoms with Gasteiger partial charge in [0.05, 0.1) is 18.8 Å². The van der Waals surface area contributed by atoms with E-state index >= 15 is 0 Å². The molecule has 10 heavy (non-hydrogen) atoms. The highest BCUT2D eigenvalue weighted by molar-refractivity contribution is 5.88. The van der Waals surface area contributed by atoms with Crippen LogP contribution in [0.4, 0.5) is 0 Å². The van der Waals surface area contributed by atoms with Crippen molar-refractivity contribution in [2.24, 2.45) is 5.73 Å². The Balaban J connectivity index is 0.000000810. The molecule has 2 N–H and O–H groups in total. The van der Waals surface area contributed by atoms with E-state index in [1.807, 2.05) is 0 Å². The number of Topliss-reactive ketones (excluding diaryl/α,β-unsaturated/α-hetero) is 1. The van der Waals surface area contributed by atoms with Crippen molar-refractivity contribution in [3.8, 4) is 0 Å². The van der Waals surface area contributed by atoms with Gasteiger partial charge in [0.1, 0.15) is 0 Å². The van der Waals surface area contributed by atoms with Gasteiger partial charge in [-0.1, -0.05) is 0 Å². The molecular formula is C6H12ClNO2. The minimum Gasteiger partial charge on any atom is -0.379 e. The lowest BCUT2D eigenvalue weighted by atomic mass is 9.95. The first-order chi connectivity index (χ1) is 4.13. The molecule has 4 heteroatoms. The number of rotatable bonds is 0. The zero-order valence-corrected chi connectivity index (χ0v) is 6.74. The largest absolute Gasteiger partial charge is 0.379 e. The molecule has 1 fully saturated rings. The summed E-state index contributed by atoms with van der Waals surface area (Å²) in [6.45, 7) is 2.60. The van der Waals surface area contributed by atoms with Gasteiger partial charge >= 0.3 is 0 Å². The van der Waals surface area contributed by atoms with Gasteiger partial charge in [-0.2, -0.15) is 0 Å². The first-order valence-electron chi connectivity index (χ1n) is 3.03. The normalized spacial score (nSPS) is 33.2. The van der Waals surface area contributed by atoms with Crippen molar-refractivity contribution in [2.45, 2.75) is 18.9 Å². The summed E-state index contributed by atoms with van der Waals surface area (Å²) in [5, 5.41) is 0. The standard InChI is InChI=1S/C6H11NO2.ClH/c1-6(7)4-9-3-2-5(6)8;/h2-4,7H2,1H3;1H. The van der Waals surface area contributed by atoms with Gasteiger partial charge in [-0.15, -0.1) is 12.4 Å². The Morgan fingerprint density at radius 3 is 2.60 bits per heavy atom. The first-order valence-corrected chi connectivity index (χ1v) is 3.03. The van der Waals surface area contributed by atoms with Crippen LogP contribution in [0.1, 0.15) is 13.3 Å². The quantitative estimate of drug-likeness (QED) is 0.555. The van der Waals surface area contributed by atoms with E-state index < -0.39 is 5.54 Å². The highest BCUT2D eigenvalue weighted by atomic mass is 35.5. The molecule has 0 radical (unpaired) electrons. The fourth-order valence-electron chi connectivity index (χ4n) is 0.815. The molecule has 1 heterocycles. The molecule has 0 bridgehead atoms. The minimum atomic E-state index is -0.724. The van der Waals surface area contributed by atoms with Gasteiger partial charge in [0.25, 0.3) is 0 Å². The number of ketones is 1. The van der Waals surface area contributed by atoms with Gasteiger partial charge in [-0.25, -0.2) is 0 Å². The van der Waals surface area contributed by atoms with Crippen molar-refractivity contribution >= 4 is 18.2 Å². The number of ether oxygens (including phenoxy) is 1. The zero-order chi connectivity index (χ0) is 6.91. The summed E-state index contributed by atoms with van der Waals surface area (Å²) in [7, 11) is 0. The number of nitrogens with two attached hydrogens (primary N) is 1. The molecule has 0 saturated carbocycles. The third kappa shape index (κ3) is 1.94. The van der Waals surface area contributed by atoms with E-state index in [1.165, 1.54) is 0 Å². The Morgan fingerprint density at radius 2 is 2.30 bits per heavy atom. The molecule has 1 atom stereocenters. The van der Waals surface area contributed by atoms with Crippen LogP contribution in [0.3, 0.4) is 0 Å². The number of halogens is 1. The molecule has 0 amide bonds. The lowest BCUT2D eigenvalue weighted by molar-refractivity contribution is -0.131. The summed E-state index contributed by atoms with van der Waals surface area (Å²) < 4.78 is 5.01. The highest BCUT2D eigenvalue weighted by Crippen LogP contribution is 2.10. The second-order valence-corrected chi connectivity index (χ2v) is 2.64. The van der Waals surface area contributed by atoms with Crippen molar-refractivity contribution in [1.82, 2.24) is 0 Å². The summed E-state index contributed by atoms with van der Waals surface area (Å²) in [4.78, 5) is 10.9. The predicted molar refractivity (Wildman–Crippen MR) is 40.3 cm³/mol. The second kappa shape index (κ2) is 3.32. The van der Waals surface area contributed by atoms with E-state index in [1.54, 1.807) is 6.92 Å². The van der Waals surface area contributed by atoms with Crippen LogP contribution in [0.2, 0.25) is 0 Å². The Hall–Kier alpha value is -0.120. The van der Waals surface area contributed by atoms with Crippen LogP contribution in [-0.2, 0) is 9.53 Å². The smallest absolute Gasteiger partial charge is 0.157 e. The third-order valence-electron chi connectivity index (χ3n) is 1.51. The molecular weight excluding hydrogens is 154 g/mol. The van der Waals surface area contributed by atoms with E-state index in [0.717, 1.165) is 0 Å². The number of hydrogen-bond donors (Lipinski definition) is 1. The summed E-state index contributed by atoms with van der Waals surface area (Å²) in [6, 6.07) is 0. The molecule has 1 rings (SSSR count). The molecule has 60 valence electrons. The molecule has 1 unspecified atom stereocenters. The average molecular weight is 166 g/mol. The van der Waals surface area contributed by atoms with Crippen LogP contribution in [0.25, 0.3) is 0 Å². The summed E-state index contributed by atoms with van der Waals surface area (Å²) >= 11 is 0. The lowest BCUT2D eigenvalue weighted by Crippen LogP contribution is -2.52. The molecule has 0 spiro atoms. The Labute approximate surface area is 66.3 Å². The number of hydrogen-bond acceptors (Lipinski definition) is 3. The van der Waals surface area contributed by atoms with Gasteiger partial charge < -0.3 is 10.5 Å². The molecule has 0 aliphatic carbocycles. The van der Waals surface area contributed by atoms with Crippen LogP contribution in [0.5, 0.6) is 0 Å². The number of carbonyl (C=O) groups excluding carboxylic acids is 1. The van der Waals surface area contributed by atoms with Gasteiger partial charge in [0.2, 0.25) is 0 Å². The topological polar surface area (TPSA) is 52.3 Å². The maximum Gasteiger partial charge on any atom is 0.157 e. The van der Waals surface area contributed by atoms with Crippen LogP contribution < -0.4 is 5.73 Å². The Morgan fingerprint density at radius 1 is 1.70 bits per heavy atom. The van der Waals surface area contributed by atoms with Crippen molar-refractivity contribution in [1.29, 1.82) is 0 Å². The summed E-state index contributed by atoms with van der Waals surface area (Å²) in [5.74, 6) is 0.105. The van der Waals surface area contributed by atoms with Crippen molar-refractivity contribution < 1.29 is 9.53 Å². The third-order valence-corrected chi connectivity index (χ3v) is 1.51. The van der Waals surface area contributed by atoms with Crippen molar-refractivity contribution in [3.63, 3.8) is 0 Å². The van der Waals surface area contributed by atoms with E-state index in [9.17, 15) is 4.79 Å². The Bertz CT molecular complexity index is 136. The predicted octanol–water partition coefficient (Wildman–Crippen LogP) is 0.115. The maximum atomic E-state index is 10.9. The van der Waals surface area contributed by atoms with Crippen LogP contribution in [-0.4, -0.2) is 24.5 Å². The van der Waals surface area contributed by atoms with Gasteiger partial charge in [0, 0.05) is 6.42 Å². The van der Waals surface area contributed by atoms with E-state index in [-0.39, 0.29) is 18.2 Å². The monoisotopic (exact) mass is 165 g/mol. The van der Waals surface area contributed by atoms with Crippen molar-refractivity contribution in [3.05, 3.63) is 0 Å². The van der Waals surface area contributed by atoms with Gasteiger partial charge in [0.15, 0.2) is 5.78 Å². The van der Waals surface area contributed by atoms with Gasteiger partial charge in [-0.05, 0) is 6.92 Å². The highest BCUT2D eigenvalue weighted by Gasteiger charge is 2.31. The van der Waals surface area contributed by atoms with Crippen LogP contribution in [0.15, 0.2) is 0 Å². The maximum absolute atomic E-state index is 10.9. The first kappa shape index (κ1) is 9.88. The molecule has 0 aromatic heterocycles. The molecule has 0 aromatic rings. The lowest BCUT2D eigenvalue weighted by Gasteiger charge is -2.27. The molecule has 0 aromatic carbocycles. The van der Waals surface area contributed by atoms with E-state index in [2.05, 4.69) is 0 Å². The molecule has 3 nitrogen and oxygen atoms in total. The van der Waals surface area contributed by atoms with E-state index in [0.29, 0.717) is 19.6 Å². The van der Waals surface area contributed by atoms with Gasteiger partial charge in [-0.3, -0.25) is 4.79 Å². The summed E-state index contributed by atoms with van der Waals surface area (Å²) in [5.41, 5.74) is 4.82. The Kier molecular flexibility index (Phi) is 3.28. The molecule has 1 saturated heterocycles. The fraction of sp³-hybridized carbons (Fsp3) is 0.833. The number of carbonyl (C=O) groups is 1. The second-order valence-electron chi connectivity index (χ2n) is 2.64. The SMILES string of the molecule is CC1(N)COCCC1=O.Cl. The average Bonchev–Trinajstić information content (AvgIpc) is 1.77. The summed E-state index contributed by atoms with van der Waals surface area (Å²) in [6.07, 6.45) is 0.465. The molecule has 1 aliphatic rings. The zero-order valence-electron chi connectivity index (χ0n) is 5.92. The van der Waals surface area contributed by atoms with Crippen LogP contribution in [0, 0.1) is 0 Å². The van der Waals surface area contributed by atoms with E-state index in [4.69, 9.17) is 10.5 Å². The molecule has 1 aliphatic heterocycles. The minimum absolute atomic E-state index is 0. The van der Waals surface area contributed by atoms with Crippen molar-refractivity contribution in [2.75, 3.05) is 13.2 Å². The van der Waals surface area contributed by atoms with Crippen LogP contribution >= 0.6 is 12.4 Å². The fourth-order valence-corrected chi connectivity index (χ4v) is 0.815.